The number of hydrogen-bond acceptors (Lipinski definition) is 2. The summed E-state index contributed by atoms with van der Waals surface area (Å²) in [5.41, 5.74) is 2.75. The van der Waals surface area contributed by atoms with Gasteiger partial charge in [0.2, 0.25) is 5.91 Å². The van der Waals surface area contributed by atoms with E-state index in [0.717, 1.165) is 16.8 Å². The SMILES string of the molecule is C=C(C)[C@H]1O[C@H](C(C)(C)C)N(C(=O)CC)c2ccccc21. The summed E-state index contributed by atoms with van der Waals surface area (Å²) in [4.78, 5) is 14.3. The van der Waals surface area contributed by atoms with Gasteiger partial charge in [-0.05, 0) is 18.6 Å². The molecule has 1 amide bonds. The lowest BCUT2D eigenvalue weighted by molar-refractivity contribution is -0.127. The van der Waals surface area contributed by atoms with E-state index < -0.39 is 0 Å². The van der Waals surface area contributed by atoms with Crippen LogP contribution in [0.1, 0.15) is 52.7 Å². The quantitative estimate of drug-likeness (QED) is 0.752. The molecule has 0 fully saturated rings. The second-order valence-corrected chi connectivity index (χ2v) is 6.76. The Morgan fingerprint density at radius 2 is 1.95 bits per heavy atom. The smallest absolute Gasteiger partial charge is 0.228 e. The molecule has 0 aliphatic carbocycles. The zero-order valence-electron chi connectivity index (χ0n) is 13.6. The highest BCUT2D eigenvalue weighted by Gasteiger charge is 2.42. The Labute approximate surface area is 127 Å². The number of benzene rings is 1. The maximum atomic E-state index is 12.5. The van der Waals surface area contributed by atoms with Gasteiger partial charge in [0.1, 0.15) is 12.3 Å². The van der Waals surface area contributed by atoms with Gasteiger partial charge in [0.15, 0.2) is 0 Å². The molecule has 0 radical (unpaired) electrons. The molecule has 1 aromatic carbocycles. The van der Waals surface area contributed by atoms with Gasteiger partial charge in [-0.25, -0.2) is 0 Å². The van der Waals surface area contributed by atoms with Crippen molar-refractivity contribution in [2.24, 2.45) is 5.41 Å². The lowest BCUT2D eigenvalue weighted by atomic mass is 9.89. The van der Waals surface area contributed by atoms with Crippen LogP contribution in [0.4, 0.5) is 5.69 Å². The van der Waals surface area contributed by atoms with E-state index in [0.29, 0.717) is 6.42 Å². The summed E-state index contributed by atoms with van der Waals surface area (Å²) in [6.07, 6.45) is 0.00929. The molecule has 0 saturated heterocycles. The average Bonchev–Trinajstić information content (AvgIpc) is 2.43. The summed E-state index contributed by atoms with van der Waals surface area (Å²) in [5.74, 6) is 0.0857. The van der Waals surface area contributed by atoms with Crippen LogP contribution >= 0.6 is 0 Å². The number of ether oxygens (including phenoxy) is 1. The Hall–Kier alpha value is -1.61. The number of hydrogen-bond donors (Lipinski definition) is 0. The van der Waals surface area contributed by atoms with Gasteiger partial charge in [-0.3, -0.25) is 9.69 Å². The number of carbonyl (C=O) groups excluding carboxylic acids is 1. The fourth-order valence-corrected chi connectivity index (χ4v) is 2.73. The van der Waals surface area contributed by atoms with Gasteiger partial charge in [0, 0.05) is 17.4 Å². The summed E-state index contributed by atoms with van der Waals surface area (Å²) in [7, 11) is 0. The molecule has 0 N–H and O–H groups in total. The highest BCUT2D eigenvalue weighted by atomic mass is 16.5. The number of amides is 1. The summed E-state index contributed by atoms with van der Waals surface area (Å²) >= 11 is 0. The number of carbonyl (C=O) groups is 1. The number of para-hydroxylation sites is 1. The molecule has 2 rings (SSSR count). The Kier molecular flexibility index (Phi) is 4.24. The van der Waals surface area contributed by atoms with E-state index in [4.69, 9.17) is 4.74 Å². The van der Waals surface area contributed by atoms with Crippen LogP contribution < -0.4 is 4.90 Å². The third-order valence-electron chi connectivity index (χ3n) is 3.74. The highest BCUT2D eigenvalue weighted by Crippen LogP contribution is 2.44. The summed E-state index contributed by atoms with van der Waals surface area (Å²) < 4.78 is 6.28. The molecule has 0 aromatic heterocycles. The predicted molar refractivity (Wildman–Crippen MR) is 86.1 cm³/mol. The number of nitrogens with zero attached hydrogens (tertiary/aromatic N) is 1. The molecule has 0 saturated carbocycles. The van der Waals surface area contributed by atoms with Crippen molar-refractivity contribution in [3.63, 3.8) is 0 Å². The number of fused-ring (bicyclic) bond motifs is 1. The first-order valence-corrected chi connectivity index (χ1v) is 7.49. The van der Waals surface area contributed by atoms with Crippen LogP contribution in [0.3, 0.4) is 0 Å². The van der Waals surface area contributed by atoms with Gasteiger partial charge in [-0.1, -0.05) is 52.5 Å². The van der Waals surface area contributed by atoms with Crippen molar-refractivity contribution in [1.29, 1.82) is 0 Å². The van der Waals surface area contributed by atoms with Crippen LogP contribution in [-0.2, 0) is 9.53 Å². The van der Waals surface area contributed by atoms with Crippen molar-refractivity contribution < 1.29 is 9.53 Å². The normalized spacial score (nSPS) is 21.9. The lowest BCUT2D eigenvalue weighted by Gasteiger charge is -2.46. The molecule has 3 heteroatoms. The van der Waals surface area contributed by atoms with E-state index >= 15 is 0 Å². The molecule has 0 unspecified atom stereocenters. The van der Waals surface area contributed by atoms with E-state index in [9.17, 15) is 4.79 Å². The molecular formula is C18H25NO2. The van der Waals surface area contributed by atoms with E-state index in [1.165, 1.54) is 0 Å². The minimum atomic E-state index is -0.290. The minimum absolute atomic E-state index is 0.0857. The standard InChI is InChI=1S/C18H25NO2/c1-7-15(20)19-14-11-9-8-10-13(14)16(12(2)3)21-17(19)18(4,5)6/h8-11,16-17H,2,7H2,1,3-6H3/t16-,17-/m1/s1. The molecule has 21 heavy (non-hydrogen) atoms. The summed E-state index contributed by atoms with van der Waals surface area (Å²) in [5, 5.41) is 0. The minimum Gasteiger partial charge on any atom is -0.345 e. The van der Waals surface area contributed by atoms with E-state index in [-0.39, 0.29) is 23.7 Å². The molecule has 0 spiro atoms. The van der Waals surface area contributed by atoms with Gasteiger partial charge in [-0.15, -0.1) is 0 Å². The van der Waals surface area contributed by atoms with Crippen LogP contribution in [0.25, 0.3) is 0 Å². The molecule has 114 valence electrons. The third-order valence-corrected chi connectivity index (χ3v) is 3.74. The Bertz CT molecular complexity index is 557. The first-order chi connectivity index (χ1) is 9.77. The monoisotopic (exact) mass is 287 g/mol. The maximum absolute atomic E-state index is 12.5. The number of rotatable bonds is 2. The zero-order valence-corrected chi connectivity index (χ0v) is 13.6. The van der Waals surface area contributed by atoms with Gasteiger partial charge in [0.05, 0.1) is 5.69 Å². The molecule has 0 bridgehead atoms. The van der Waals surface area contributed by atoms with Crippen LogP contribution in [0.15, 0.2) is 36.4 Å². The zero-order chi connectivity index (χ0) is 15.8. The first kappa shape index (κ1) is 15.8. The molecule has 2 atom stereocenters. The Morgan fingerprint density at radius 3 is 2.48 bits per heavy atom. The van der Waals surface area contributed by atoms with Crippen molar-refractivity contribution in [2.45, 2.75) is 53.4 Å². The van der Waals surface area contributed by atoms with Crippen molar-refractivity contribution in [2.75, 3.05) is 4.90 Å². The summed E-state index contributed by atoms with van der Waals surface area (Å²) in [6.45, 7) is 14.2. The van der Waals surface area contributed by atoms with Gasteiger partial charge in [0.25, 0.3) is 0 Å². The van der Waals surface area contributed by atoms with Crippen LogP contribution in [0.2, 0.25) is 0 Å². The third kappa shape index (κ3) is 2.88. The van der Waals surface area contributed by atoms with Crippen LogP contribution in [0.5, 0.6) is 0 Å². The molecule has 1 aliphatic heterocycles. The van der Waals surface area contributed by atoms with E-state index in [1.54, 1.807) is 0 Å². The van der Waals surface area contributed by atoms with Crippen molar-refractivity contribution >= 4 is 11.6 Å². The van der Waals surface area contributed by atoms with Gasteiger partial charge < -0.3 is 4.74 Å². The fraction of sp³-hybridized carbons (Fsp3) is 0.500. The van der Waals surface area contributed by atoms with Crippen LogP contribution in [-0.4, -0.2) is 12.1 Å². The Balaban J connectivity index is 2.61. The molecule has 1 heterocycles. The second kappa shape index (κ2) is 5.64. The predicted octanol–water partition coefficient (Wildman–Crippen LogP) is 4.45. The molecule has 3 nitrogen and oxygen atoms in total. The summed E-state index contributed by atoms with van der Waals surface area (Å²) in [6, 6.07) is 7.96. The van der Waals surface area contributed by atoms with Crippen molar-refractivity contribution in [3.05, 3.63) is 42.0 Å². The fourth-order valence-electron chi connectivity index (χ4n) is 2.73. The largest absolute Gasteiger partial charge is 0.345 e. The van der Waals surface area contributed by atoms with Crippen molar-refractivity contribution in [1.82, 2.24) is 0 Å². The molecular weight excluding hydrogens is 262 g/mol. The highest BCUT2D eigenvalue weighted by molar-refractivity contribution is 5.95. The maximum Gasteiger partial charge on any atom is 0.228 e. The van der Waals surface area contributed by atoms with Gasteiger partial charge in [-0.2, -0.15) is 0 Å². The molecule has 1 aliphatic rings. The topological polar surface area (TPSA) is 29.5 Å². The van der Waals surface area contributed by atoms with E-state index in [1.807, 2.05) is 43.0 Å². The van der Waals surface area contributed by atoms with Gasteiger partial charge >= 0.3 is 0 Å². The average molecular weight is 287 g/mol. The second-order valence-electron chi connectivity index (χ2n) is 6.76. The first-order valence-electron chi connectivity index (χ1n) is 7.49. The molecule has 1 aromatic rings. The van der Waals surface area contributed by atoms with Crippen molar-refractivity contribution in [3.8, 4) is 0 Å². The van der Waals surface area contributed by atoms with Crippen LogP contribution in [0, 0.1) is 5.41 Å². The van der Waals surface area contributed by atoms with E-state index in [2.05, 4.69) is 27.4 Å². The number of anilines is 1. The Morgan fingerprint density at radius 1 is 1.33 bits per heavy atom. The lowest BCUT2D eigenvalue weighted by Crippen LogP contribution is -2.52.